The zero-order valence-electron chi connectivity index (χ0n) is 18.0. The molecule has 168 valence electrons. The minimum Gasteiger partial charge on any atom is -0.379 e. The predicted octanol–water partition coefficient (Wildman–Crippen LogP) is 4.15. The first-order valence-electron chi connectivity index (χ1n) is 11.1. The van der Waals surface area contributed by atoms with Crippen molar-refractivity contribution in [2.24, 2.45) is 11.8 Å². The number of hydrogen-bond donors (Lipinski definition) is 0. The number of morpholine rings is 1. The molecule has 1 saturated heterocycles. The van der Waals surface area contributed by atoms with E-state index in [1.807, 2.05) is 10.7 Å². The molecule has 0 aromatic carbocycles. The lowest BCUT2D eigenvalue weighted by molar-refractivity contribution is -0.144. The van der Waals surface area contributed by atoms with Crippen LogP contribution in [-0.2, 0) is 10.9 Å². The van der Waals surface area contributed by atoms with Crippen molar-refractivity contribution in [3.05, 3.63) is 30.0 Å². The van der Waals surface area contributed by atoms with Gasteiger partial charge in [-0.2, -0.15) is 18.3 Å². The van der Waals surface area contributed by atoms with Crippen molar-refractivity contribution in [2.45, 2.75) is 63.8 Å². The SMILES string of the molecule is CC(C)n1nc(-c2cnc(C(F)(F)F)nc2)cc1C1[C@@H]2CC(N3CCOC[C@H]3C)C[C@@H]12. The number of fused-ring (bicyclic) bond motifs is 1. The number of ether oxygens (including phenoxy) is 1. The smallest absolute Gasteiger partial charge is 0.379 e. The molecule has 5 rings (SSSR count). The first-order valence-corrected chi connectivity index (χ1v) is 11.1. The Labute approximate surface area is 179 Å². The Morgan fingerprint density at radius 2 is 1.81 bits per heavy atom. The van der Waals surface area contributed by atoms with Crippen molar-refractivity contribution >= 4 is 0 Å². The maximum atomic E-state index is 12.8. The fraction of sp³-hybridized carbons (Fsp3) is 0.682. The highest BCUT2D eigenvalue weighted by atomic mass is 19.4. The van der Waals surface area contributed by atoms with Crippen molar-refractivity contribution < 1.29 is 17.9 Å². The van der Waals surface area contributed by atoms with E-state index in [9.17, 15) is 13.2 Å². The van der Waals surface area contributed by atoms with Gasteiger partial charge < -0.3 is 4.74 Å². The molecule has 0 radical (unpaired) electrons. The largest absolute Gasteiger partial charge is 0.451 e. The summed E-state index contributed by atoms with van der Waals surface area (Å²) in [4.78, 5) is 9.60. The van der Waals surface area contributed by atoms with Gasteiger partial charge in [0.2, 0.25) is 5.82 Å². The zero-order chi connectivity index (χ0) is 21.9. The van der Waals surface area contributed by atoms with Crippen LogP contribution in [0.1, 0.15) is 57.1 Å². The van der Waals surface area contributed by atoms with Gasteiger partial charge in [0.15, 0.2) is 0 Å². The summed E-state index contributed by atoms with van der Waals surface area (Å²) in [6.07, 6.45) is 0.288. The van der Waals surface area contributed by atoms with Crippen molar-refractivity contribution in [3.8, 4) is 11.3 Å². The Kier molecular flexibility index (Phi) is 5.08. The molecule has 31 heavy (non-hydrogen) atoms. The standard InChI is InChI=1S/C22H28F3N5O/c1-12(2)30-19(8-18(28-30)14-9-26-21(27-10-14)22(23,24)25)20-16-6-15(7-17(16)20)29-4-5-31-11-13(29)3/h8-10,12-13,15-17,20H,4-7,11H2,1-3H3/t13-,15?,16-,17-,20?/m1/s1. The zero-order valence-corrected chi connectivity index (χ0v) is 18.0. The predicted molar refractivity (Wildman–Crippen MR) is 108 cm³/mol. The summed E-state index contributed by atoms with van der Waals surface area (Å²) < 4.78 is 45.9. The van der Waals surface area contributed by atoms with Gasteiger partial charge in [-0.15, -0.1) is 0 Å². The van der Waals surface area contributed by atoms with Crippen LogP contribution in [0.15, 0.2) is 18.5 Å². The summed E-state index contributed by atoms with van der Waals surface area (Å²) in [7, 11) is 0. The Morgan fingerprint density at radius 1 is 1.13 bits per heavy atom. The molecule has 2 aliphatic carbocycles. The molecule has 3 aliphatic rings. The van der Waals surface area contributed by atoms with Gasteiger partial charge in [-0.1, -0.05) is 0 Å². The van der Waals surface area contributed by atoms with E-state index in [1.165, 1.54) is 30.9 Å². The lowest BCUT2D eigenvalue weighted by Crippen LogP contribution is -2.49. The fourth-order valence-corrected chi connectivity index (χ4v) is 5.62. The van der Waals surface area contributed by atoms with E-state index in [-0.39, 0.29) is 6.04 Å². The molecule has 0 unspecified atom stereocenters. The second-order valence-corrected chi connectivity index (χ2v) is 9.43. The third-order valence-electron chi connectivity index (χ3n) is 7.10. The van der Waals surface area contributed by atoms with Crippen LogP contribution in [0, 0.1) is 11.8 Å². The number of alkyl halides is 3. The van der Waals surface area contributed by atoms with Crippen molar-refractivity contribution in [3.63, 3.8) is 0 Å². The minimum atomic E-state index is -4.54. The van der Waals surface area contributed by atoms with Crippen LogP contribution in [0.2, 0.25) is 0 Å². The molecule has 0 bridgehead atoms. The minimum absolute atomic E-state index is 0.176. The molecule has 6 nitrogen and oxygen atoms in total. The first kappa shape index (κ1) is 20.9. The van der Waals surface area contributed by atoms with E-state index in [0.29, 0.717) is 41.1 Å². The second kappa shape index (κ2) is 7.55. The second-order valence-electron chi connectivity index (χ2n) is 9.43. The number of halogens is 3. The van der Waals surface area contributed by atoms with Crippen LogP contribution in [-0.4, -0.2) is 56.5 Å². The highest BCUT2D eigenvalue weighted by Crippen LogP contribution is 2.64. The van der Waals surface area contributed by atoms with Gasteiger partial charge in [0, 0.05) is 54.2 Å². The third kappa shape index (κ3) is 3.75. The Morgan fingerprint density at radius 3 is 2.39 bits per heavy atom. The van der Waals surface area contributed by atoms with Gasteiger partial charge in [-0.25, -0.2) is 9.97 Å². The van der Waals surface area contributed by atoms with E-state index >= 15 is 0 Å². The van der Waals surface area contributed by atoms with Gasteiger partial charge in [0.05, 0.1) is 18.9 Å². The van der Waals surface area contributed by atoms with Crippen LogP contribution in [0.3, 0.4) is 0 Å². The average molecular weight is 435 g/mol. The monoisotopic (exact) mass is 435 g/mol. The summed E-state index contributed by atoms with van der Waals surface area (Å²) in [6.45, 7) is 9.05. The van der Waals surface area contributed by atoms with E-state index in [4.69, 9.17) is 9.84 Å². The van der Waals surface area contributed by atoms with Crippen LogP contribution in [0.25, 0.3) is 11.3 Å². The van der Waals surface area contributed by atoms with Crippen molar-refractivity contribution in [2.75, 3.05) is 19.8 Å². The molecule has 3 heterocycles. The number of hydrogen-bond acceptors (Lipinski definition) is 5. The molecule has 3 fully saturated rings. The van der Waals surface area contributed by atoms with E-state index in [2.05, 4.69) is 35.6 Å². The van der Waals surface area contributed by atoms with Crippen molar-refractivity contribution in [1.29, 1.82) is 0 Å². The van der Waals surface area contributed by atoms with E-state index < -0.39 is 12.0 Å². The van der Waals surface area contributed by atoms with Crippen LogP contribution in [0.4, 0.5) is 13.2 Å². The molecule has 2 aromatic heterocycles. The van der Waals surface area contributed by atoms with E-state index in [1.54, 1.807) is 0 Å². The summed E-state index contributed by atoms with van der Waals surface area (Å²) in [5, 5.41) is 4.71. The molecule has 2 saturated carbocycles. The molecular weight excluding hydrogens is 407 g/mol. The van der Waals surface area contributed by atoms with Crippen molar-refractivity contribution in [1.82, 2.24) is 24.6 Å². The van der Waals surface area contributed by atoms with Gasteiger partial charge in [-0.05, 0) is 51.5 Å². The normalized spacial score (nSPS) is 29.5. The molecule has 0 spiro atoms. The lowest BCUT2D eigenvalue weighted by atomic mass is 10.0. The number of nitrogens with zero attached hydrogens (tertiary/aromatic N) is 5. The number of rotatable bonds is 4. The molecule has 0 N–H and O–H groups in total. The molecule has 9 heteroatoms. The van der Waals surface area contributed by atoms with Gasteiger partial charge in [0.25, 0.3) is 0 Å². The maximum Gasteiger partial charge on any atom is 0.451 e. The number of aromatic nitrogens is 4. The van der Waals surface area contributed by atoms with Crippen LogP contribution < -0.4 is 0 Å². The summed E-state index contributed by atoms with van der Waals surface area (Å²) >= 11 is 0. The molecular formula is C22H28F3N5O. The lowest BCUT2D eigenvalue weighted by Gasteiger charge is -2.38. The van der Waals surface area contributed by atoms with Crippen LogP contribution >= 0.6 is 0 Å². The Bertz CT molecular complexity index is 930. The third-order valence-corrected chi connectivity index (χ3v) is 7.10. The highest BCUT2D eigenvalue weighted by molar-refractivity contribution is 5.58. The van der Waals surface area contributed by atoms with E-state index in [0.717, 1.165) is 19.8 Å². The summed E-state index contributed by atoms with van der Waals surface area (Å²) in [5.74, 6) is 0.670. The Hall–Kier alpha value is -2.00. The molecule has 0 amide bonds. The van der Waals surface area contributed by atoms with Crippen LogP contribution in [0.5, 0.6) is 0 Å². The molecule has 1 aliphatic heterocycles. The summed E-state index contributed by atoms with van der Waals surface area (Å²) in [5.41, 5.74) is 2.34. The Balaban J connectivity index is 1.34. The summed E-state index contributed by atoms with van der Waals surface area (Å²) in [6, 6.07) is 3.31. The molecule has 2 aromatic rings. The topological polar surface area (TPSA) is 56.1 Å². The first-order chi connectivity index (χ1) is 14.7. The highest BCUT2D eigenvalue weighted by Gasteiger charge is 2.59. The molecule has 3 atom stereocenters. The fourth-order valence-electron chi connectivity index (χ4n) is 5.62. The van der Waals surface area contributed by atoms with Gasteiger partial charge in [-0.3, -0.25) is 9.58 Å². The maximum absolute atomic E-state index is 12.8. The van der Waals surface area contributed by atoms with Gasteiger partial charge in [0.1, 0.15) is 0 Å². The quantitative estimate of drug-likeness (QED) is 0.722. The average Bonchev–Trinajstić information content (AvgIpc) is 3.09. The van der Waals surface area contributed by atoms with Gasteiger partial charge >= 0.3 is 6.18 Å².